The minimum absolute atomic E-state index is 0.00355. The Morgan fingerprint density at radius 3 is 2.49 bits per heavy atom. The number of amides is 1. The highest BCUT2D eigenvalue weighted by Gasteiger charge is 2.30. The summed E-state index contributed by atoms with van der Waals surface area (Å²) in [6.07, 6.45) is 11.3. The zero-order valence-corrected chi connectivity index (χ0v) is 24.6. The molecule has 8 heteroatoms. The molecule has 1 atom stereocenters. The third-order valence-electron chi connectivity index (χ3n) is 7.61. The van der Waals surface area contributed by atoms with Gasteiger partial charge in [0.25, 0.3) is 5.91 Å². The van der Waals surface area contributed by atoms with Crippen molar-refractivity contribution in [1.82, 2.24) is 4.90 Å². The van der Waals surface area contributed by atoms with Crippen LogP contribution in [0.2, 0.25) is 0 Å². The molecule has 216 valence electrons. The van der Waals surface area contributed by atoms with Gasteiger partial charge < -0.3 is 24.5 Å². The first-order valence-electron chi connectivity index (χ1n) is 14.1. The topological polar surface area (TPSA) is 94.8 Å². The second-order valence-corrected chi connectivity index (χ2v) is 11.4. The number of benzene rings is 2. The minimum atomic E-state index is -0.923. The summed E-state index contributed by atoms with van der Waals surface area (Å²) in [6.45, 7) is 9.90. The molecule has 41 heavy (non-hydrogen) atoms. The number of carbonyl (C=O) groups is 2. The number of allylic oxidation sites excluding steroid dienone is 3. The van der Waals surface area contributed by atoms with E-state index < -0.39 is 5.97 Å². The molecule has 3 N–H and O–H groups in total. The molecule has 1 aromatic heterocycles. The van der Waals surface area contributed by atoms with Crippen molar-refractivity contribution in [3.8, 4) is 0 Å². The van der Waals surface area contributed by atoms with Crippen molar-refractivity contribution in [1.29, 1.82) is 0 Å². The molecular formula is C33H39N3O4S. The number of hydrogen-bond acceptors (Lipinski definition) is 6. The van der Waals surface area contributed by atoms with Crippen molar-refractivity contribution in [3.63, 3.8) is 0 Å². The first-order chi connectivity index (χ1) is 19.8. The van der Waals surface area contributed by atoms with Crippen LogP contribution in [0.15, 0.2) is 83.2 Å². The fourth-order valence-corrected chi connectivity index (χ4v) is 5.93. The second-order valence-electron chi connectivity index (χ2n) is 10.5. The summed E-state index contributed by atoms with van der Waals surface area (Å²) in [4.78, 5) is 26.0. The van der Waals surface area contributed by atoms with Crippen LogP contribution in [-0.4, -0.2) is 35.5 Å². The van der Waals surface area contributed by atoms with Gasteiger partial charge in [0.05, 0.1) is 12.5 Å². The number of aryl methyl sites for hydroxylation is 1. The third-order valence-corrected chi connectivity index (χ3v) is 8.48. The number of hydrogen-bond donors (Lipinski definition) is 3. The summed E-state index contributed by atoms with van der Waals surface area (Å²) in [7, 11) is 1.62. The Kier molecular flexibility index (Phi) is 10.4. The van der Waals surface area contributed by atoms with E-state index in [1.54, 1.807) is 31.3 Å². The molecule has 0 aliphatic heterocycles. The van der Waals surface area contributed by atoms with Crippen molar-refractivity contribution in [3.05, 3.63) is 95.6 Å². The van der Waals surface area contributed by atoms with Gasteiger partial charge in [-0.3, -0.25) is 9.59 Å². The highest BCUT2D eigenvalue weighted by Crippen LogP contribution is 2.41. The van der Waals surface area contributed by atoms with Crippen molar-refractivity contribution in [2.45, 2.75) is 51.5 Å². The number of rotatable bonds is 13. The van der Waals surface area contributed by atoms with Gasteiger partial charge >= 0.3 is 5.97 Å². The maximum Gasteiger partial charge on any atom is 0.305 e. The van der Waals surface area contributed by atoms with Crippen LogP contribution >= 0.6 is 11.9 Å². The summed E-state index contributed by atoms with van der Waals surface area (Å²) in [6, 6.07) is 13.6. The first-order valence-corrected chi connectivity index (χ1v) is 14.9. The van der Waals surface area contributed by atoms with Crippen molar-refractivity contribution in [2.24, 2.45) is 5.92 Å². The average molecular weight is 574 g/mol. The quantitative estimate of drug-likeness (QED) is 0.140. The van der Waals surface area contributed by atoms with Crippen LogP contribution in [0.5, 0.6) is 0 Å². The summed E-state index contributed by atoms with van der Waals surface area (Å²) in [5, 5.41) is 13.7. The van der Waals surface area contributed by atoms with E-state index in [4.69, 9.17) is 9.52 Å². The zero-order chi connectivity index (χ0) is 29.4. The Hall–Kier alpha value is -3.91. The number of carboxylic acid groups (broad SMARTS) is 1. The van der Waals surface area contributed by atoms with Gasteiger partial charge in [0.15, 0.2) is 0 Å². The SMILES string of the molecule is C=C/C=C(\C=C)SNc1ccc2oc(C(Nc3ccc(C(=O)N(C)CCC(=O)O)cc3)C3CCCCC3)c(C)c2c1. The summed E-state index contributed by atoms with van der Waals surface area (Å²) < 4.78 is 9.91. The Bertz CT molecular complexity index is 1420. The molecule has 1 saturated carbocycles. The molecule has 3 aromatic rings. The van der Waals surface area contributed by atoms with Crippen LogP contribution < -0.4 is 10.0 Å². The van der Waals surface area contributed by atoms with Crippen molar-refractivity contribution in [2.75, 3.05) is 23.6 Å². The molecular weight excluding hydrogens is 534 g/mol. The van der Waals surface area contributed by atoms with E-state index >= 15 is 0 Å². The maximum atomic E-state index is 12.7. The summed E-state index contributed by atoms with van der Waals surface area (Å²) >= 11 is 1.49. The van der Waals surface area contributed by atoms with E-state index in [0.29, 0.717) is 11.5 Å². The van der Waals surface area contributed by atoms with E-state index in [0.717, 1.165) is 51.4 Å². The smallest absolute Gasteiger partial charge is 0.305 e. The molecule has 0 bridgehead atoms. The normalized spacial score (nSPS) is 14.8. The number of aliphatic carboxylic acids is 1. The molecule has 1 fully saturated rings. The van der Waals surface area contributed by atoms with Crippen molar-refractivity contribution < 1.29 is 19.1 Å². The Balaban J connectivity index is 1.57. The van der Waals surface area contributed by atoms with E-state index in [1.165, 1.54) is 36.1 Å². The molecule has 1 aliphatic carbocycles. The lowest BCUT2D eigenvalue weighted by Gasteiger charge is -2.31. The monoisotopic (exact) mass is 573 g/mol. The Morgan fingerprint density at radius 1 is 1.12 bits per heavy atom. The summed E-state index contributed by atoms with van der Waals surface area (Å²) in [5.74, 6) is 0.257. The fourth-order valence-electron chi connectivity index (χ4n) is 5.32. The number of anilines is 2. The number of carboxylic acids is 1. The molecule has 7 nitrogen and oxygen atoms in total. The predicted octanol–water partition coefficient (Wildman–Crippen LogP) is 8.34. The van der Waals surface area contributed by atoms with Gasteiger partial charge in [-0.05, 0) is 86.2 Å². The van der Waals surface area contributed by atoms with Crippen molar-refractivity contribution >= 4 is 46.2 Å². The van der Waals surface area contributed by atoms with Gasteiger partial charge in [0, 0.05) is 46.4 Å². The van der Waals surface area contributed by atoms with E-state index in [2.05, 4.69) is 36.2 Å². The maximum absolute atomic E-state index is 12.7. The molecule has 1 amide bonds. The van der Waals surface area contributed by atoms with Crippen LogP contribution in [0.4, 0.5) is 11.4 Å². The molecule has 1 aliphatic rings. The largest absolute Gasteiger partial charge is 0.481 e. The number of fused-ring (bicyclic) bond motifs is 1. The predicted molar refractivity (Wildman–Crippen MR) is 169 cm³/mol. The molecule has 1 heterocycles. The van der Waals surface area contributed by atoms with Gasteiger partial charge in [-0.15, -0.1) is 0 Å². The second kappa shape index (κ2) is 14.1. The molecule has 4 rings (SSSR count). The number of carbonyl (C=O) groups excluding carboxylic acids is 1. The molecule has 1 unspecified atom stereocenters. The van der Waals surface area contributed by atoms with Gasteiger partial charge in [-0.1, -0.05) is 44.6 Å². The zero-order valence-electron chi connectivity index (χ0n) is 23.8. The standard InChI is InChI=1S/C33H39N3O4S/c1-5-10-27(6-2)41-35-26-17-18-29-28(21-26)22(3)32(40-29)31(23-11-8-7-9-12-23)34-25-15-13-24(14-16-25)33(39)36(4)20-19-30(37)38/h5-6,10,13-18,21,23,31,34-35H,1-2,7-9,11-12,19-20H2,3-4H3,(H,37,38)/b27-10+. The van der Waals surface area contributed by atoms with Crippen LogP contribution in [-0.2, 0) is 4.79 Å². The van der Waals surface area contributed by atoms with Gasteiger partial charge in [-0.2, -0.15) is 0 Å². The van der Waals surface area contributed by atoms with Gasteiger partial charge in [0.2, 0.25) is 0 Å². The summed E-state index contributed by atoms with van der Waals surface area (Å²) in [5.41, 5.74) is 4.39. The van der Waals surface area contributed by atoms with Gasteiger partial charge in [0.1, 0.15) is 11.3 Å². The molecule has 0 radical (unpaired) electrons. The minimum Gasteiger partial charge on any atom is -0.481 e. The number of furan rings is 1. The first kappa shape index (κ1) is 30.1. The van der Waals surface area contributed by atoms with Crippen LogP contribution in [0.25, 0.3) is 11.0 Å². The van der Waals surface area contributed by atoms with Crippen LogP contribution in [0, 0.1) is 12.8 Å². The van der Waals surface area contributed by atoms with E-state index in [9.17, 15) is 9.59 Å². The fraction of sp³-hybridized carbons (Fsp3) is 0.333. The number of nitrogens with one attached hydrogen (secondary N) is 2. The Labute approximate surface area is 246 Å². The number of nitrogens with zero attached hydrogens (tertiary/aromatic N) is 1. The van der Waals surface area contributed by atoms with E-state index in [-0.39, 0.29) is 24.9 Å². The molecule has 2 aromatic carbocycles. The lowest BCUT2D eigenvalue weighted by molar-refractivity contribution is -0.137. The highest BCUT2D eigenvalue weighted by molar-refractivity contribution is 8.04. The average Bonchev–Trinajstić information content (AvgIpc) is 3.32. The Morgan fingerprint density at radius 2 is 1.83 bits per heavy atom. The lowest BCUT2D eigenvalue weighted by atomic mass is 9.82. The third kappa shape index (κ3) is 7.64. The highest BCUT2D eigenvalue weighted by atomic mass is 32.2. The van der Waals surface area contributed by atoms with Crippen LogP contribution in [0.1, 0.15) is 66.2 Å². The van der Waals surface area contributed by atoms with E-state index in [1.807, 2.05) is 30.3 Å². The van der Waals surface area contributed by atoms with Gasteiger partial charge in [-0.25, -0.2) is 0 Å². The lowest BCUT2D eigenvalue weighted by Crippen LogP contribution is -2.29. The molecule has 0 spiro atoms. The van der Waals surface area contributed by atoms with Crippen LogP contribution in [0.3, 0.4) is 0 Å². The molecule has 0 saturated heterocycles.